The van der Waals surface area contributed by atoms with E-state index in [9.17, 15) is 0 Å². The van der Waals surface area contributed by atoms with Crippen molar-refractivity contribution in [2.24, 2.45) is 4.99 Å². The molecule has 0 bridgehead atoms. The summed E-state index contributed by atoms with van der Waals surface area (Å²) in [6, 6.07) is 10.2. The van der Waals surface area contributed by atoms with E-state index in [-0.39, 0.29) is 6.17 Å². The first kappa shape index (κ1) is 13.5. The van der Waals surface area contributed by atoms with Crippen LogP contribution in [0.25, 0.3) is 0 Å². The summed E-state index contributed by atoms with van der Waals surface area (Å²) in [5.74, 6) is 0.812. The average molecular weight is 275 g/mol. The molecular formula is C15H21N3O2. The molecule has 0 spiro atoms. The minimum atomic E-state index is -0.0606. The predicted octanol–water partition coefficient (Wildman–Crippen LogP) is 1.73. The van der Waals surface area contributed by atoms with Gasteiger partial charge in [0.15, 0.2) is 6.17 Å². The second kappa shape index (κ2) is 6.83. The van der Waals surface area contributed by atoms with Gasteiger partial charge in [0.1, 0.15) is 0 Å². The number of hydrogen-bond acceptors (Lipinski definition) is 5. The van der Waals surface area contributed by atoms with Crippen molar-refractivity contribution in [3.05, 3.63) is 35.9 Å². The minimum Gasteiger partial charge on any atom is -0.391 e. The van der Waals surface area contributed by atoms with Crippen LogP contribution >= 0.6 is 0 Å². The lowest BCUT2D eigenvalue weighted by Crippen LogP contribution is -2.37. The van der Waals surface area contributed by atoms with Crippen molar-refractivity contribution < 1.29 is 9.57 Å². The highest BCUT2D eigenvalue weighted by atomic mass is 16.7. The van der Waals surface area contributed by atoms with Gasteiger partial charge in [-0.25, -0.2) is 4.99 Å². The molecule has 0 aliphatic carbocycles. The smallest absolute Gasteiger partial charge is 0.211 e. The Labute approximate surface area is 119 Å². The van der Waals surface area contributed by atoms with Gasteiger partial charge >= 0.3 is 0 Å². The van der Waals surface area contributed by atoms with Crippen LogP contribution in [-0.4, -0.2) is 43.6 Å². The fraction of sp³-hybridized carbons (Fsp3) is 0.533. The SMILES string of the molecule is c1ccc([C@H]2N=C(CCCN3CCOCC3)ON2)cc1. The molecule has 1 aromatic rings. The molecule has 1 fully saturated rings. The molecular weight excluding hydrogens is 254 g/mol. The van der Waals surface area contributed by atoms with Crippen molar-refractivity contribution in [2.75, 3.05) is 32.8 Å². The summed E-state index contributed by atoms with van der Waals surface area (Å²) in [6.45, 7) is 4.88. The van der Waals surface area contributed by atoms with Crippen LogP contribution in [0.2, 0.25) is 0 Å². The van der Waals surface area contributed by atoms with Crippen LogP contribution in [0.3, 0.4) is 0 Å². The van der Waals surface area contributed by atoms with E-state index >= 15 is 0 Å². The Morgan fingerprint density at radius 3 is 2.80 bits per heavy atom. The summed E-state index contributed by atoms with van der Waals surface area (Å²) in [6.07, 6.45) is 1.89. The minimum absolute atomic E-state index is 0.0606. The number of benzene rings is 1. The first-order valence-corrected chi connectivity index (χ1v) is 7.26. The molecule has 5 nitrogen and oxygen atoms in total. The Morgan fingerprint density at radius 2 is 2.00 bits per heavy atom. The van der Waals surface area contributed by atoms with Gasteiger partial charge in [0.2, 0.25) is 5.90 Å². The molecule has 0 amide bonds. The molecule has 1 atom stereocenters. The molecule has 0 radical (unpaired) electrons. The zero-order valence-electron chi connectivity index (χ0n) is 11.6. The summed E-state index contributed by atoms with van der Waals surface area (Å²) >= 11 is 0. The first-order valence-electron chi connectivity index (χ1n) is 7.26. The Balaban J connectivity index is 1.44. The number of hydrogen-bond donors (Lipinski definition) is 1. The Morgan fingerprint density at radius 1 is 1.20 bits per heavy atom. The number of hydroxylamine groups is 1. The number of aliphatic imine (C=N–C) groups is 1. The molecule has 0 saturated carbocycles. The summed E-state index contributed by atoms with van der Waals surface area (Å²) in [5.41, 5.74) is 4.11. The lowest BCUT2D eigenvalue weighted by atomic mass is 10.2. The second-order valence-corrected chi connectivity index (χ2v) is 5.11. The highest BCUT2D eigenvalue weighted by Gasteiger charge is 2.19. The van der Waals surface area contributed by atoms with Crippen molar-refractivity contribution in [3.8, 4) is 0 Å². The van der Waals surface area contributed by atoms with Gasteiger partial charge in [0, 0.05) is 19.5 Å². The van der Waals surface area contributed by atoms with Crippen LogP contribution in [0.5, 0.6) is 0 Å². The van der Waals surface area contributed by atoms with Crippen molar-refractivity contribution >= 4 is 5.90 Å². The molecule has 1 saturated heterocycles. The Bertz CT molecular complexity index is 444. The molecule has 5 heteroatoms. The molecule has 2 heterocycles. The van der Waals surface area contributed by atoms with Crippen molar-refractivity contribution in [2.45, 2.75) is 19.0 Å². The number of nitrogens with zero attached hydrogens (tertiary/aromatic N) is 2. The predicted molar refractivity (Wildman–Crippen MR) is 77.3 cm³/mol. The summed E-state index contributed by atoms with van der Waals surface area (Å²) in [5, 5.41) is 0. The van der Waals surface area contributed by atoms with Crippen LogP contribution in [0.1, 0.15) is 24.6 Å². The van der Waals surface area contributed by atoms with E-state index in [0.29, 0.717) is 0 Å². The quantitative estimate of drug-likeness (QED) is 0.889. The Hall–Kier alpha value is -1.43. The van der Waals surface area contributed by atoms with Crippen molar-refractivity contribution in [1.29, 1.82) is 0 Å². The standard InChI is InChI=1S/C15H21N3O2/c1-2-5-13(6-3-1)15-16-14(20-17-15)7-4-8-18-9-11-19-12-10-18/h1-3,5-6,15,17H,4,7-12H2/t15-/m0/s1. The van der Waals surface area contributed by atoms with E-state index in [1.54, 1.807) is 0 Å². The van der Waals surface area contributed by atoms with Gasteiger partial charge in [-0.3, -0.25) is 4.90 Å². The molecule has 1 N–H and O–H groups in total. The van der Waals surface area contributed by atoms with Gasteiger partial charge in [-0.1, -0.05) is 30.3 Å². The van der Waals surface area contributed by atoms with E-state index in [1.807, 2.05) is 18.2 Å². The molecule has 108 valence electrons. The van der Waals surface area contributed by atoms with E-state index in [4.69, 9.17) is 9.57 Å². The third-order valence-corrected chi connectivity index (χ3v) is 3.65. The number of nitrogens with one attached hydrogen (secondary N) is 1. The zero-order valence-corrected chi connectivity index (χ0v) is 11.6. The van der Waals surface area contributed by atoms with Crippen LogP contribution < -0.4 is 5.48 Å². The second-order valence-electron chi connectivity index (χ2n) is 5.11. The topological polar surface area (TPSA) is 46.1 Å². The van der Waals surface area contributed by atoms with Gasteiger partial charge in [0.05, 0.1) is 13.2 Å². The van der Waals surface area contributed by atoms with E-state index in [0.717, 1.165) is 57.2 Å². The van der Waals surface area contributed by atoms with Crippen molar-refractivity contribution in [3.63, 3.8) is 0 Å². The van der Waals surface area contributed by atoms with E-state index in [2.05, 4.69) is 27.5 Å². The van der Waals surface area contributed by atoms with Gasteiger partial charge in [-0.15, -0.1) is 5.48 Å². The summed E-state index contributed by atoms with van der Waals surface area (Å²) in [7, 11) is 0. The zero-order chi connectivity index (χ0) is 13.6. The molecule has 1 aromatic carbocycles. The molecule has 3 rings (SSSR count). The molecule has 20 heavy (non-hydrogen) atoms. The lowest BCUT2D eigenvalue weighted by molar-refractivity contribution is 0.0374. The fourth-order valence-corrected chi connectivity index (χ4v) is 2.49. The number of morpholine rings is 1. The molecule has 0 aromatic heterocycles. The average Bonchev–Trinajstić information content (AvgIpc) is 2.98. The van der Waals surface area contributed by atoms with Gasteiger partial charge in [-0.2, -0.15) is 0 Å². The molecule has 0 unspecified atom stereocenters. The monoisotopic (exact) mass is 275 g/mol. The maximum Gasteiger partial charge on any atom is 0.211 e. The highest BCUT2D eigenvalue weighted by molar-refractivity contribution is 5.77. The first-order chi connectivity index (χ1) is 9.92. The van der Waals surface area contributed by atoms with Crippen LogP contribution in [-0.2, 0) is 9.57 Å². The maximum atomic E-state index is 5.47. The van der Waals surface area contributed by atoms with Gasteiger partial charge in [0.25, 0.3) is 0 Å². The number of ether oxygens (including phenoxy) is 1. The number of rotatable bonds is 5. The normalized spacial score (nSPS) is 23.4. The van der Waals surface area contributed by atoms with Crippen LogP contribution in [0.4, 0.5) is 0 Å². The third-order valence-electron chi connectivity index (χ3n) is 3.65. The maximum absolute atomic E-state index is 5.47. The van der Waals surface area contributed by atoms with Crippen molar-refractivity contribution in [1.82, 2.24) is 10.4 Å². The lowest BCUT2D eigenvalue weighted by Gasteiger charge is -2.26. The van der Waals surface area contributed by atoms with E-state index in [1.165, 1.54) is 0 Å². The highest BCUT2D eigenvalue weighted by Crippen LogP contribution is 2.19. The largest absolute Gasteiger partial charge is 0.391 e. The van der Waals surface area contributed by atoms with Gasteiger partial charge in [-0.05, 0) is 18.5 Å². The van der Waals surface area contributed by atoms with Crippen LogP contribution in [0.15, 0.2) is 35.3 Å². The van der Waals surface area contributed by atoms with E-state index < -0.39 is 0 Å². The fourth-order valence-electron chi connectivity index (χ4n) is 2.49. The summed E-state index contributed by atoms with van der Waals surface area (Å²) in [4.78, 5) is 12.5. The summed E-state index contributed by atoms with van der Waals surface area (Å²) < 4.78 is 5.34. The van der Waals surface area contributed by atoms with Crippen LogP contribution in [0, 0.1) is 0 Å². The Kier molecular flexibility index (Phi) is 4.63. The third kappa shape index (κ3) is 3.56. The molecule has 2 aliphatic heterocycles. The van der Waals surface area contributed by atoms with Gasteiger partial charge < -0.3 is 9.57 Å². The molecule has 2 aliphatic rings.